The van der Waals surface area contributed by atoms with E-state index in [4.69, 9.17) is 4.74 Å². The highest BCUT2D eigenvalue weighted by molar-refractivity contribution is 5.36. The van der Waals surface area contributed by atoms with E-state index in [1.165, 1.54) is 19.2 Å². The monoisotopic (exact) mass is 292 g/mol. The van der Waals surface area contributed by atoms with Crippen molar-refractivity contribution in [3.05, 3.63) is 59.4 Å². The van der Waals surface area contributed by atoms with Crippen molar-refractivity contribution in [1.29, 1.82) is 0 Å². The van der Waals surface area contributed by atoms with Gasteiger partial charge in [0.15, 0.2) is 0 Å². The zero-order valence-corrected chi connectivity index (χ0v) is 12.1. The summed E-state index contributed by atoms with van der Waals surface area (Å²) in [6.07, 6.45) is 3.56. The van der Waals surface area contributed by atoms with Gasteiger partial charge in [-0.15, -0.1) is 0 Å². The minimum Gasteiger partial charge on any atom is -0.497 e. The van der Waals surface area contributed by atoms with E-state index < -0.39 is 17.7 Å². The maximum Gasteiger partial charge on any atom is 0.141 e. The largest absolute Gasteiger partial charge is 0.497 e. The highest BCUT2D eigenvalue weighted by Crippen LogP contribution is 2.27. The highest BCUT2D eigenvalue weighted by Gasteiger charge is 2.18. The minimum absolute atomic E-state index is 0.396. The average molecular weight is 292 g/mol. The van der Waals surface area contributed by atoms with Crippen molar-refractivity contribution in [2.24, 2.45) is 0 Å². The third-order valence-corrected chi connectivity index (χ3v) is 3.18. The first-order valence-electron chi connectivity index (χ1n) is 6.83. The van der Waals surface area contributed by atoms with Gasteiger partial charge in [0.05, 0.1) is 19.3 Å². The molecule has 1 aromatic heterocycles. The van der Waals surface area contributed by atoms with E-state index in [0.29, 0.717) is 23.4 Å². The topological polar surface area (TPSA) is 34.2 Å². The third-order valence-electron chi connectivity index (χ3n) is 3.18. The van der Waals surface area contributed by atoms with Crippen LogP contribution in [0.15, 0.2) is 36.7 Å². The van der Waals surface area contributed by atoms with E-state index in [9.17, 15) is 8.78 Å². The van der Waals surface area contributed by atoms with Crippen LogP contribution >= 0.6 is 0 Å². The van der Waals surface area contributed by atoms with Crippen LogP contribution in [0.2, 0.25) is 0 Å². The number of methoxy groups -OCH3 is 1. The first-order chi connectivity index (χ1) is 10.2. The molecule has 1 N–H and O–H groups in total. The number of nitrogens with one attached hydrogen (secondary N) is 1. The number of halogens is 2. The quantitative estimate of drug-likeness (QED) is 0.885. The molecule has 5 heteroatoms. The summed E-state index contributed by atoms with van der Waals surface area (Å²) in [6.45, 7) is 2.70. The van der Waals surface area contributed by atoms with Crippen molar-refractivity contribution in [3.8, 4) is 5.75 Å². The minimum atomic E-state index is -0.445. The molecule has 1 unspecified atom stereocenters. The molecular formula is C16H18F2N2O. The van der Waals surface area contributed by atoms with Crippen molar-refractivity contribution in [3.63, 3.8) is 0 Å². The molecule has 0 bridgehead atoms. The van der Waals surface area contributed by atoms with E-state index in [0.717, 1.165) is 12.6 Å². The third kappa shape index (κ3) is 3.76. The van der Waals surface area contributed by atoms with Crippen LogP contribution in [0.4, 0.5) is 8.78 Å². The van der Waals surface area contributed by atoms with Gasteiger partial charge in [0.2, 0.25) is 0 Å². The number of rotatable bonds is 6. The van der Waals surface area contributed by atoms with Crippen LogP contribution in [0.3, 0.4) is 0 Å². The Balaban J connectivity index is 2.40. The Labute approximate surface area is 123 Å². The molecule has 1 aromatic carbocycles. The fourth-order valence-corrected chi connectivity index (χ4v) is 2.15. The molecule has 0 radical (unpaired) electrons. The second kappa shape index (κ2) is 7.13. The van der Waals surface area contributed by atoms with Gasteiger partial charge in [0, 0.05) is 17.8 Å². The lowest BCUT2D eigenvalue weighted by Gasteiger charge is -2.20. The number of hydrogen-bond acceptors (Lipinski definition) is 3. The predicted octanol–water partition coefficient (Wildman–Crippen LogP) is 3.46. The number of hydrogen-bond donors (Lipinski definition) is 1. The summed E-state index contributed by atoms with van der Waals surface area (Å²) in [7, 11) is 1.48. The second-order valence-electron chi connectivity index (χ2n) is 4.71. The fourth-order valence-electron chi connectivity index (χ4n) is 2.15. The molecule has 1 heterocycles. The van der Waals surface area contributed by atoms with Crippen LogP contribution in [0, 0.1) is 11.6 Å². The van der Waals surface area contributed by atoms with Gasteiger partial charge < -0.3 is 10.1 Å². The molecule has 0 spiro atoms. The van der Waals surface area contributed by atoms with E-state index >= 15 is 0 Å². The number of pyridine rings is 1. The molecular weight excluding hydrogens is 274 g/mol. The van der Waals surface area contributed by atoms with Gasteiger partial charge in [-0.05, 0) is 30.7 Å². The molecule has 0 saturated carbocycles. The maximum atomic E-state index is 14.3. The zero-order chi connectivity index (χ0) is 15.2. The molecule has 2 aromatic rings. The van der Waals surface area contributed by atoms with Crippen LogP contribution in [-0.4, -0.2) is 18.6 Å². The lowest BCUT2D eigenvalue weighted by atomic mass is 9.99. The van der Waals surface area contributed by atoms with Crippen molar-refractivity contribution in [2.75, 3.05) is 13.7 Å². The first-order valence-corrected chi connectivity index (χ1v) is 6.83. The fraction of sp³-hybridized carbons (Fsp3) is 0.312. The van der Waals surface area contributed by atoms with Gasteiger partial charge >= 0.3 is 0 Å². The van der Waals surface area contributed by atoms with Crippen LogP contribution in [-0.2, 0) is 0 Å². The van der Waals surface area contributed by atoms with Gasteiger partial charge in [-0.1, -0.05) is 13.0 Å². The van der Waals surface area contributed by atoms with Gasteiger partial charge in [0.1, 0.15) is 17.4 Å². The summed E-state index contributed by atoms with van der Waals surface area (Å²) in [5, 5.41) is 3.22. The Morgan fingerprint density at radius 1 is 1.24 bits per heavy atom. The van der Waals surface area contributed by atoms with Crippen molar-refractivity contribution in [1.82, 2.24) is 10.3 Å². The Bertz CT molecular complexity index is 605. The summed E-state index contributed by atoms with van der Waals surface area (Å²) in [6, 6.07) is 5.57. The summed E-state index contributed by atoms with van der Waals surface area (Å²) in [4.78, 5) is 3.84. The average Bonchev–Trinajstić information content (AvgIpc) is 2.49. The van der Waals surface area contributed by atoms with Crippen LogP contribution in [0.1, 0.15) is 30.5 Å². The molecule has 0 aliphatic heterocycles. The zero-order valence-electron chi connectivity index (χ0n) is 12.1. The van der Waals surface area contributed by atoms with Gasteiger partial charge in [0.25, 0.3) is 0 Å². The molecule has 3 nitrogen and oxygen atoms in total. The Morgan fingerprint density at radius 2 is 2.05 bits per heavy atom. The summed E-state index contributed by atoms with van der Waals surface area (Å²) >= 11 is 0. The van der Waals surface area contributed by atoms with E-state index in [2.05, 4.69) is 10.3 Å². The van der Waals surface area contributed by atoms with Crippen LogP contribution in [0.5, 0.6) is 5.75 Å². The van der Waals surface area contributed by atoms with Crippen molar-refractivity contribution < 1.29 is 13.5 Å². The number of nitrogens with zero attached hydrogens (tertiary/aromatic N) is 1. The van der Waals surface area contributed by atoms with Crippen LogP contribution < -0.4 is 10.1 Å². The molecule has 21 heavy (non-hydrogen) atoms. The van der Waals surface area contributed by atoms with Gasteiger partial charge in [-0.25, -0.2) is 8.78 Å². The normalized spacial score (nSPS) is 12.2. The van der Waals surface area contributed by atoms with E-state index in [-0.39, 0.29) is 0 Å². The Kier molecular flexibility index (Phi) is 5.22. The first kappa shape index (κ1) is 15.4. The SMILES string of the molecule is CCCNC(c1cncc(F)c1)c1ccc(OC)cc1F. The highest BCUT2D eigenvalue weighted by atomic mass is 19.1. The summed E-state index contributed by atoms with van der Waals surface area (Å²) < 4.78 is 32.7. The molecule has 0 aliphatic carbocycles. The molecule has 112 valence electrons. The molecule has 0 aliphatic rings. The lowest BCUT2D eigenvalue weighted by Crippen LogP contribution is -2.24. The van der Waals surface area contributed by atoms with Crippen molar-refractivity contribution >= 4 is 0 Å². The molecule has 1 atom stereocenters. The van der Waals surface area contributed by atoms with E-state index in [1.54, 1.807) is 18.3 Å². The predicted molar refractivity (Wildman–Crippen MR) is 77.3 cm³/mol. The lowest BCUT2D eigenvalue weighted by molar-refractivity contribution is 0.410. The van der Waals surface area contributed by atoms with Gasteiger partial charge in [-0.2, -0.15) is 0 Å². The summed E-state index contributed by atoms with van der Waals surface area (Å²) in [5.41, 5.74) is 1.03. The van der Waals surface area contributed by atoms with E-state index in [1.807, 2.05) is 6.92 Å². The van der Waals surface area contributed by atoms with Gasteiger partial charge in [-0.3, -0.25) is 4.98 Å². The number of aromatic nitrogens is 1. The maximum absolute atomic E-state index is 14.3. The second-order valence-corrected chi connectivity index (χ2v) is 4.71. The molecule has 2 rings (SSSR count). The molecule has 0 saturated heterocycles. The van der Waals surface area contributed by atoms with Crippen LogP contribution in [0.25, 0.3) is 0 Å². The van der Waals surface area contributed by atoms with Crippen molar-refractivity contribution in [2.45, 2.75) is 19.4 Å². The Hall–Kier alpha value is -2.01. The number of benzene rings is 1. The molecule has 0 amide bonds. The molecule has 0 fully saturated rings. The Morgan fingerprint density at radius 3 is 2.67 bits per heavy atom. The standard InChI is InChI=1S/C16H18F2N2O/c1-3-6-20-16(11-7-12(17)10-19-9-11)14-5-4-13(21-2)8-15(14)18/h4-5,7-10,16,20H,3,6H2,1-2H3. The summed E-state index contributed by atoms with van der Waals surface area (Å²) in [5.74, 6) is -0.389. The smallest absolute Gasteiger partial charge is 0.141 e. The number of ether oxygens (including phenoxy) is 1.